The second kappa shape index (κ2) is 5.83. The fourth-order valence-electron chi connectivity index (χ4n) is 1.81. The zero-order valence-electron chi connectivity index (χ0n) is 10.9. The summed E-state index contributed by atoms with van der Waals surface area (Å²) in [6.45, 7) is 3.62. The molecule has 0 saturated heterocycles. The van der Waals surface area contributed by atoms with Crippen LogP contribution in [0.25, 0.3) is 5.57 Å². The number of alkyl halides is 3. The Bertz CT molecular complexity index is 663. The zero-order valence-corrected chi connectivity index (χ0v) is 10.9. The van der Waals surface area contributed by atoms with Crippen molar-refractivity contribution in [2.75, 3.05) is 5.32 Å². The fraction of sp³-hybridized carbons (Fsp3) is 0.0625. The van der Waals surface area contributed by atoms with Crippen LogP contribution in [0.4, 0.5) is 18.9 Å². The molecule has 1 N–H and O–H groups in total. The number of hydrogen-bond acceptors (Lipinski definition) is 1. The molecule has 0 atom stereocenters. The van der Waals surface area contributed by atoms with Crippen molar-refractivity contribution in [1.29, 1.82) is 0 Å². The van der Waals surface area contributed by atoms with Gasteiger partial charge in [0.1, 0.15) is 0 Å². The monoisotopic (exact) mass is 291 g/mol. The van der Waals surface area contributed by atoms with Crippen molar-refractivity contribution >= 4 is 17.2 Å². The first kappa shape index (κ1) is 14.8. The van der Waals surface area contributed by atoms with Crippen LogP contribution < -0.4 is 5.32 Å². The number of hydrogen-bond donors (Lipinski definition) is 1. The first-order valence-electron chi connectivity index (χ1n) is 6.11. The summed E-state index contributed by atoms with van der Waals surface area (Å²) in [6.07, 6.45) is -4.53. The lowest BCUT2D eigenvalue weighted by Gasteiger charge is -2.14. The van der Waals surface area contributed by atoms with Crippen LogP contribution >= 0.6 is 0 Å². The maximum Gasteiger partial charge on any atom is 0.418 e. The molecule has 0 spiro atoms. The molecule has 21 heavy (non-hydrogen) atoms. The number of rotatable bonds is 3. The summed E-state index contributed by atoms with van der Waals surface area (Å²) in [7, 11) is 0. The Kier molecular flexibility index (Phi) is 4.12. The van der Waals surface area contributed by atoms with Crippen LogP contribution in [0.5, 0.6) is 0 Å². The van der Waals surface area contributed by atoms with Gasteiger partial charge in [0, 0.05) is 5.57 Å². The summed E-state index contributed by atoms with van der Waals surface area (Å²) >= 11 is 0. The molecule has 0 aromatic heterocycles. The number of halogens is 3. The van der Waals surface area contributed by atoms with E-state index in [4.69, 9.17) is 0 Å². The molecule has 1 amide bonds. The van der Waals surface area contributed by atoms with E-state index in [1.165, 1.54) is 18.2 Å². The third kappa shape index (κ3) is 3.51. The Morgan fingerprint density at radius 3 is 2.14 bits per heavy atom. The molecule has 2 aromatic rings. The van der Waals surface area contributed by atoms with Gasteiger partial charge < -0.3 is 5.32 Å². The minimum absolute atomic E-state index is 0.104. The van der Waals surface area contributed by atoms with E-state index in [2.05, 4.69) is 11.9 Å². The van der Waals surface area contributed by atoms with E-state index in [-0.39, 0.29) is 11.3 Å². The van der Waals surface area contributed by atoms with E-state index >= 15 is 0 Å². The molecule has 0 aliphatic rings. The number of anilines is 1. The standard InChI is InChI=1S/C16H12F3NO/c1-11(12-7-3-2-4-8-12)15(21)20-14-10-6-5-9-13(14)16(17,18)19/h2-10H,1H2,(H,20,21). The van der Waals surface area contributed by atoms with Gasteiger partial charge in [-0.25, -0.2) is 0 Å². The van der Waals surface area contributed by atoms with Crippen LogP contribution in [0.2, 0.25) is 0 Å². The molecule has 0 saturated carbocycles. The van der Waals surface area contributed by atoms with Crippen LogP contribution in [-0.4, -0.2) is 5.91 Å². The second-order valence-electron chi connectivity index (χ2n) is 4.34. The zero-order chi connectivity index (χ0) is 15.5. The number of carbonyl (C=O) groups is 1. The quantitative estimate of drug-likeness (QED) is 0.836. The Labute approximate surface area is 119 Å². The van der Waals surface area contributed by atoms with Crippen molar-refractivity contribution in [2.45, 2.75) is 6.18 Å². The Morgan fingerprint density at radius 2 is 1.52 bits per heavy atom. The number of amides is 1. The molecule has 0 radical (unpaired) electrons. The van der Waals surface area contributed by atoms with Gasteiger partial charge in [-0.05, 0) is 17.7 Å². The van der Waals surface area contributed by atoms with Crippen molar-refractivity contribution in [3.05, 3.63) is 72.3 Å². The molecular formula is C16H12F3NO. The Balaban J connectivity index is 2.23. The van der Waals surface area contributed by atoms with Crippen molar-refractivity contribution < 1.29 is 18.0 Å². The summed E-state index contributed by atoms with van der Waals surface area (Å²) < 4.78 is 38.5. The predicted molar refractivity (Wildman–Crippen MR) is 75.5 cm³/mol. The molecule has 0 fully saturated rings. The van der Waals surface area contributed by atoms with Gasteiger partial charge in [0.15, 0.2) is 0 Å². The van der Waals surface area contributed by atoms with Crippen molar-refractivity contribution in [2.24, 2.45) is 0 Å². The van der Waals surface area contributed by atoms with Gasteiger partial charge in [-0.3, -0.25) is 4.79 Å². The third-order valence-corrected chi connectivity index (χ3v) is 2.88. The lowest BCUT2D eigenvalue weighted by atomic mass is 10.1. The molecular weight excluding hydrogens is 279 g/mol. The highest BCUT2D eigenvalue weighted by molar-refractivity contribution is 6.24. The average Bonchev–Trinajstić information content (AvgIpc) is 2.47. The van der Waals surface area contributed by atoms with Gasteiger partial charge in [-0.1, -0.05) is 49.0 Å². The van der Waals surface area contributed by atoms with Crippen molar-refractivity contribution in [3.8, 4) is 0 Å². The molecule has 2 aromatic carbocycles. The minimum atomic E-state index is -4.53. The SMILES string of the molecule is C=C(C(=O)Nc1ccccc1C(F)(F)F)c1ccccc1. The van der Waals surface area contributed by atoms with Crippen LogP contribution in [0.15, 0.2) is 61.2 Å². The second-order valence-corrected chi connectivity index (χ2v) is 4.34. The average molecular weight is 291 g/mol. The lowest BCUT2D eigenvalue weighted by Crippen LogP contribution is -2.17. The minimum Gasteiger partial charge on any atom is -0.321 e. The molecule has 108 valence electrons. The molecule has 0 unspecified atom stereocenters. The van der Waals surface area contributed by atoms with Gasteiger partial charge in [0.05, 0.1) is 11.3 Å². The van der Waals surface area contributed by atoms with E-state index in [9.17, 15) is 18.0 Å². The highest BCUT2D eigenvalue weighted by Gasteiger charge is 2.33. The highest BCUT2D eigenvalue weighted by Crippen LogP contribution is 2.34. The smallest absolute Gasteiger partial charge is 0.321 e. The van der Waals surface area contributed by atoms with Gasteiger partial charge in [0.25, 0.3) is 5.91 Å². The van der Waals surface area contributed by atoms with Gasteiger partial charge in [0.2, 0.25) is 0 Å². The molecule has 5 heteroatoms. The van der Waals surface area contributed by atoms with E-state index in [1.807, 2.05) is 0 Å². The van der Waals surface area contributed by atoms with Gasteiger partial charge in [-0.2, -0.15) is 13.2 Å². The van der Waals surface area contributed by atoms with E-state index in [1.54, 1.807) is 30.3 Å². The van der Waals surface area contributed by atoms with Crippen LogP contribution in [0, 0.1) is 0 Å². The summed E-state index contributed by atoms with van der Waals surface area (Å²) in [5, 5.41) is 2.26. The van der Waals surface area contributed by atoms with E-state index < -0.39 is 17.6 Å². The predicted octanol–water partition coefficient (Wildman–Crippen LogP) is 4.36. The first-order valence-corrected chi connectivity index (χ1v) is 6.11. The first-order chi connectivity index (χ1) is 9.89. The van der Waals surface area contributed by atoms with Crippen LogP contribution in [0.3, 0.4) is 0 Å². The fourth-order valence-corrected chi connectivity index (χ4v) is 1.81. The summed E-state index contributed by atoms with van der Waals surface area (Å²) in [6, 6.07) is 13.4. The third-order valence-electron chi connectivity index (χ3n) is 2.88. The lowest BCUT2D eigenvalue weighted by molar-refractivity contribution is -0.136. The van der Waals surface area contributed by atoms with Gasteiger partial charge in [-0.15, -0.1) is 0 Å². The maximum absolute atomic E-state index is 12.8. The number of benzene rings is 2. The number of carbonyl (C=O) groups excluding carboxylic acids is 1. The normalized spacial score (nSPS) is 11.0. The van der Waals surface area contributed by atoms with Crippen LogP contribution in [0.1, 0.15) is 11.1 Å². The molecule has 0 aliphatic carbocycles. The Morgan fingerprint density at radius 1 is 0.952 bits per heavy atom. The van der Waals surface area contributed by atoms with Gasteiger partial charge >= 0.3 is 6.18 Å². The number of nitrogens with one attached hydrogen (secondary N) is 1. The molecule has 0 aliphatic heterocycles. The number of para-hydroxylation sites is 1. The van der Waals surface area contributed by atoms with E-state index in [0.717, 1.165) is 6.07 Å². The largest absolute Gasteiger partial charge is 0.418 e. The molecule has 2 nitrogen and oxygen atoms in total. The van der Waals surface area contributed by atoms with Crippen molar-refractivity contribution in [1.82, 2.24) is 0 Å². The molecule has 0 bridgehead atoms. The van der Waals surface area contributed by atoms with E-state index in [0.29, 0.717) is 5.56 Å². The van der Waals surface area contributed by atoms with Crippen molar-refractivity contribution in [3.63, 3.8) is 0 Å². The summed E-state index contributed by atoms with van der Waals surface area (Å²) in [5.41, 5.74) is -0.515. The topological polar surface area (TPSA) is 29.1 Å². The summed E-state index contributed by atoms with van der Waals surface area (Å²) in [5.74, 6) is -0.669. The Hall–Kier alpha value is -2.56. The summed E-state index contributed by atoms with van der Waals surface area (Å²) in [4.78, 5) is 12.0. The van der Waals surface area contributed by atoms with Crippen LogP contribution in [-0.2, 0) is 11.0 Å². The molecule has 2 rings (SSSR count). The molecule has 0 heterocycles. The maximum atomic E-state index is 12.8. The highest BCUT2D eigenvalue weighted by atomic mass is 19.4.